The van der Waals surface area contributed by atoms with Gasteiger partial charge in [-0.25, -0.2) is 4.98 Å². The summed E-state index contributed by atoms with van der Waals surface area (Å²) in [4.78, 5) is 4.60. The average Bonchev–Trinajstić information content (AvgIpc) is 2.29. The Labute approximate surface area is 109 Å². The lowest BCUT2D eigenvalue weighted by molar-refractivity contribution is 0.419. The number of nitrogens with zero attached hydrogens (tertiary/aromatic N) is 1. The lowest BCUT2D eigenvalue weighted by Crippen LogP contribution is -2.02. The van der Waals surface area contributed by atoms with E-state index in [1.165, 1.54) is 0 Å². The molecule has 1 aromatic heterocycles. The molecule has 0 radical (unpaired) electrons. The van der Waals surface area contributed by atoms with Crippen LogP contribution in [0.5, 0.6) is 5.75 Å². The topological polar surface area (TPSA) is 48.1 Å². The first kappa shape index (κ1) is 12.2. The number of benzene rings is 1. The molecule has 0 aliphatic carbocycles. The summed E-state index contributed by atoms with van der Waals surface area (Å²) in [6.07, 6.45) is 0.879. The number of hydrogen-bond donors (Lipinski definition) is 1. The summed E-state index contributed by atoms with van der Waals surface area (Å²) in [7, 11) is 1.64. The highest BCUT2D eigenvalue weighted by Gasteiger charge is 2.14. The molecule has 0 aliphatic rings. The molecule has 0 saturated heterocycles. The molecular weight excluding hydrogens is 280 g/mol. The highest BCUT2D eigenvalue weighted by Crippen LogP contribution is 2.36. The van der Waals surface area contributed by atoms with Crippen molar-refractivity contribution in [3.8, 4) is 5.75 Å². The number of ether oxygens (including phenoxy) is 1. The lowest BCUT2D eigenvalue weighted by Gasteiger charge is -2.13. The fourth-order valence-corrected chi connectivity index (χ4v) is 2.64. The summed E-state index contributed by atoms with van der Waals surface area (Å²) >= 11 is 3.52. The fraction of sp³-hybridized carbons (Fsp3) is 0.308. The zero-order valence-corrected chi connectivity index (χ0v) is 11.8. The van der Waals surface area contributed by atoms with Crippen LogP contribution in [-0.2, 0) is 6.42 Å². The fourth-order valence-electron chi connectivity index (χ4n) is 2.11. The van der Waals surface area contributed by atoms with Crippen LogP contribution in [0.2, 0.25) is 0 Å². The van der Waals surface area contributed by atoms with Gasteiger partial charge in [0.1, 0.15) is 11.3 Å². The van der Waals surface area contributed by atoms with E-state index in [0.29, 0.717) is 0 Å². The Bertz CT molecular complexity index is 581. The molecule has 0 saturated carbocycles. The maximum absolute atomic E-state index is 6.23. The number of aromatic nitrogens is 1. The Morgan fingerprint density at radius 3 is 2.71 bits per heavy atom. The van der Waals surface area contributed by atoms with E-state index in [1.54, 1.807) is 7.11 Å². The highest BCUT2D eigenvalue weighted by molar-refractivity contribution is 9.10. The zero-order valence-electron chi connectivity index (χ0n) is 10.2. The molecule has 0 aliphatic heterocycles. The Morgan fingerprint density at radius 1 is 1.41 bits per heavy atom. The van der Waals surface area contributed by atoms with Gasteiger partial charge in [-0.3, -0.25) is 0 Å². The summed E-state index contributed by atoms with van der Waals surface area (Å²) in [5.74, 6) is 0.751. The molecule has 0 unspecified atom stereocenters. The van der Waals surface area contributed by atoms with Gasteiger partial charge in [0.25, 0.3) is 0 Å². The third kappa shape index (κ3) is 1.86. The van der Waals surface area contributed by atoms with Crippen molar-refractivity contribution in [2.24, 2.45) is 0 Å². The van der Waals surface area contributed by atoms with E-state index in [0.717, 1.165) is 44.5 Å². The van der Waals surface area contributed by atoms with Crippen molar-refractivity contribution < 1.29 is 4.74 Å². The smallest absolute Gasteiger partial charge is 0.145 e. The molecule has 0 fully saturated rings. The second-order valence-corrected chi connectivity index (χ2v) is 4.77. The monoisotopic (exact) mass is 294 g/mol. The lowest BCUT2D eigenvalue weighted by atomic mass is 10.0. The molecule has 1 aromatic carbocycles. The van der Waals surface area contributed by atoms with E-state index >= 15 is 0 Å². The number of pyridine rings is 1. The van der Waals surface area contributed by atoms with Gasteiger partial charge in [-0.05, 0) is 31.0 Å². The van der Waals surface area contributed by atoms with Crippen molar-refractivity contribution in [2.75, 3.05) is 12.8 Å². The van der Waals surface area contributed by atoms with Crippen LogP contribution in [0, 0.1) is 6.92 Å². The number of anilines is 1. The number of nitrogen functional groups attached to an aromatic ring is 1. The van der Waals surface area contributed by atoms with E-state index in [4.69, 9.17) is 10.5 Å². The molecule has 0 spiro atoms. The van der Waals surface area contributed by atoms with Crippen LogP contribution in [-0.4, -0.2) is 12.1 Å². The summed E-state index contributed by atoms with van der Waals surface area (Å²) in [5.41, 5.74) is 9.91. The number of nitrogens with two attached hydrogens (primary N) is 1. The van der Waals surface area contributed by atoms with Gasteiger partial charge >= 0.3 is 0 Å². The van der Waals surface area contributed by atoms with Crippen LogP contribution >= 0.6 is 15.9 Å². The molecule has 0 amide bonds. The number of methoxy groups -OCH3 is 1. The second kappa shape index (κ2) is 4.53. The molecule has 2 rings (SSSR count). The largest absolute Gasteiger partial charge is 0.494 e. The van der Waals surface area contributed by atoms with Crippen LogP contribution in [0.3, 0.4) is 0 Å². The molecule has 4 heteroatoms. The van der Waals surface area contributed by atoms with Crippen LogP contribution in [0.15, 0.2) is 16.6 Å². The molecule has 2 N–H and O–H groups in total. The van der Waals surface area contributed by atoms with Gasteiger partial charge in [-0.1, -0.05) is 22.9 Å². The van der Waals surface area contributed by atoms with E-state index < -0.39 is 0 Å². The second-order valence-electron chi connectivity index (χ2n) is 3.92. The molecule has 1 heterocycles. The van der Waals surface area contributed by atoms with Gasteiger partial charge in [-0.2, -0.15) is 0 Å². The van der Waals surface area contributed by atoms with E-state index in [9.17, 15) is 0 Å². The minimum absolute atomic E-state index is 0.751. The average molecular weight is 295 g/mol. The van der Waals surface area contributed by atoms with Crippen LogP contribution in [0.4, 0.5) is 5.69 Å². The van der Waals surface area contributed by atoms with Gasteiger partial charge in [0.2, 0.25) is 0 Å². The predicted molar refractivity (Wildman–Crippen MR) is 74.5 cm³/mol. The third-order valence-electron chi connectivity index (χ3n) is 2.97. The molecule has 3 nitrogen and oxygen atoms in total. The van der Waals surface area contributed by atoms with Crippen molar-refractivity contribution in [3.63, 3.8) is 0 Å². The van der Waals surface area contributed by atoms with Crippen molar-refractivity contribution in [3.05, 3.63) is 27.9 Å². The SMILES string of the molecule is CCc1c(C)nc2c(OC)ccc(Br)c2c1N. The number of fused-ring (bicyclic) bond motifs is 1. The number of hydrogen-bond acceptors (Lipinski definition) is 3. The first-order chi connectivity index (χ1) is 8.10. The minimum atomic E-state index is 0.751. The summed E-state index contributed by atoms with van der Waals surface area (Å²) < 4.78 is 6.28. The Balaban J connectivity index is 2.94. The molecular formula is C13H15BrN2O. The van der Waals surface area contributed by atoms with Crippen molar-refractivity contribution in [1.82, 2.24) is 4.98 Å². The Kier molecular flexibility index (Phi) is 3.24. The van der Waals surface area contributed by atoms with Gasteiger partial charge < -0.3 is 10.5 Å². The quantitative estimate of drug-likeness (QED) is 0.923. The van der Waals surface area contributed by atoms with Gasteiger partial charge in [0.05, 0.1) is 7.11 Å². The molecule has 0 atom stereocenters. The molecule has 2 aromatic rings. The molecule has 0 bridgehead atoms. The number of halogens is 1. The standard InChI is InChI=1S/C13H15BrN2O/c1-4-8-7(2)16-13-10(17-3)6-5-9(14)11(13)12(8)15/h5-6H,4H2,1-3H3,(H2,15,16). The highest BCUT2D eigenvalue weighted by atomic mass is 79.9. The number of rotatable bonds is 2. The maximum atomic E-state index is 6.23. The maximum Gasteiger partial charge on any atom is 0.145 e. The normalized spacial score (nSPS) is 10.8. The molecule has 17 heavy (non-hydrogen) atoms. The first-order valence-corrected chi connectivity index (χ1v) is 6.30. The van der Waals surface area contributed by atoms with Crippen molar-refractivity contribution in [1.29, 1.82) is 0 Å². The Morgan fingerprint density at radius 2 is 2.12 bits per heavy atom. The van der Waals surface area contributed by atoms with Crippen LogP contribution in [0.25, 0.3) is 10.9 Å². The van der Waals surface area contributed by atoms with E-state index in [1.807, 2.05) is 19.1 Å². The summed E-state index contributed by atoms with van der Waals surface area (Å²) in [5, 5.41) is 0.937. The first-order valence-electron chi connectivity index (χ1n) is 5.51. The van der Waals surface area contributed by atoms with Crippen LogP contribution in [0.1, 0.15) is 18.2 Å². The minimum Gasteiger partial charge on any atom is -0.494 e. The van der Waals surface area contributed by atoms with Crippen molar-refractivity contribution in [2.45, 2.75) is 20.3 Å². The third-order valence-corrected chi connectivity index (χ3v) is 3.64. The summed E-state index contributed by atoms with van der Waals surface area (Å²) in [6, 6.07) is 3.83. The molecule has 90 valence electrons. The number of aryl methyl sites for hydroxylation is 1. The van der Waals surface area contributed by atoms with E-state index in [2.05, 4.69) is 27.8 Å². The van der Waals surface area contributed by atoms with Crippen molar-refractivity contribution >= 4 is 32.5 Å². The predicted octanol–water partition coefficient (Wildman–Crippen LogP) is 3.46. The van der Waals surface area contributed by atoms with Gasteiger partial charge in [0.15, 0.2) is 0 Å². The van der Waals surface area contributed by atoms with E-state index in [-0.39, 0.29) is 0 Å². The summed E-state index contributed by atoms with van der Waals surface area (Å²) in [6.45, 7) is 4.06. The van der Waals surface area contributed by atoms with Gasteiger partial charge in [-0.15, -0.1) is 0 Å². The zero-order chi connectivity index (χ0) is 12.6. The van der Waals surface area contributed by atoms with Gasteiger partial charge in [0, 0.05) is 21.2 Å². The Hall–Kier alpha value is -1.29. The van der Waals surface area contributed by atoms with Crippen LogP contribution < -0.4 is 10.5 Å².